The van der Waals surface area contributed by atoms with Crippen LogP contribution >= 0.6 is 15.9 Å². The zero-order valence-electron chi connectivity index (χ0n) is 11.4. The number of likely N-dealkylation sites (N-methyl/N-ethyl adjacent to an activating group) is 1. The molecule has 0 radical (unpaired) electrons. The molecule has 0 aliphatic carbocycles. The molecular formula is C14H23BrN2O. The third-order valence-corrected chi connectivity index (χ3v) is 3.39. The monoisotopic (exact) mass is 314 g/mol. The van der Waals surface area contributed by atoms with E-state index in [1.807, 2.05) is 26.0 Å². The van der Waals surface area contributed by atoms with Crippen molar-refractivity contribution in [3.05, 3.63) is 34.3 Å². The van der Waals surface area contributed by atoms with Gasteiger partial charge in [-0.25, -0.2) is 0 Å². The molecule has 0 saturated carbocycles. The summed E-state index contributed by atoms with van der Waals surface area (Å²) in [4.78, 5) is 2.21. The minimum Gasteiger partial charge on any atom is -0.389 e. The molecule has 1 atom stereocenters. The third-order valence-electron chi connectivity index (χ3n) is 2.89. The predicted octanol–water partition coefficient (Wildman–Crippen LogP) is 2.54. The number of nitrogens with zero attached hydrogens (tertiary/aromatic N) is 1. The highest BCUT2D eigenvalue weighted by Gasteiger charge is 2.24. The Morgan fingerprint density at radius 1 is 1.44 bits per heavy atom. The van der Waals surface area contributed by atoms with Crippen molar-refractivity contribution in [1.29, 1.82) is 0 Å². The number of nitrogens with two attached hydrogens (primary N) is 1. The first-order valence-corrected chi connectivity index (χ1v) is 7.08. The van der Waals surface area contributed by atoms with Gasteiger partial charge in [-0.2, -0.15) is 0 Å². The van der Waals surface area contributed by atoms with E-state index in [0.29, 0.717) is 13.1 Å². The van der Waals surface area contributed by atoms with Gasteiger partial charge in [0.15, 0.2) is 0 Å². The molecule has 0 aromatic heterocycles. The van der Waals surface area contributed by atoms with Gasteiger partial charge >= 0.3 is 0 Å². The first kappa shape index (κ1) is 15.6. The molecule has 0 heterocycles. The first-order valence-electron chi connectivity index (χ1n) is 6.29. The molecule has 1 rings (SSSR count). The zero-order chi connectivity index (χ0) is 13.8. The molecule has 102 valence electrons. The van der Waals surface area contributed by atoms with Crippen LogP contribution in [0.1, 0.15) is 32.4 Å². The number of rotatable bonds is 6. The van der Waals surface area contributed by atoms with E-state index in [2.05, 4.69) is 39.9 Å². The van der Waals surface area contributed by atoms with Gasteiger partial charge in [0.05, 0.1) is 5.60 Å². The lowest BCUT2D eigenvalue weighted by Crippen LogP contribution is -2.42. The van der Waals surface area contributed by atoms with Crippen molar-refractivity contribution in [2.75, 3.05) is 19.6 Å². The van der Waals surface area contributed by atoms with Crippen molar-refractivity contribution in [1.82, 2.24) is 4.90 Å². The quantitative estimate of drug-likeness (QED) is 0.848. The van der Waals surface area contributed by atoms with Crippen LogP contribution in [0.2, 0.25) is 0 Å². The summed E-state index contributed by atoms with van der Waals surface area (Å²) in [5.41, 5.74) is 6.38. The SMILES string of the molecule is CCN(CC(C)(C)O)C(CN)c1cccc(Br)c1. The van der Waals surface area contributed by atoms with Gasteiger partial charge in [-0.3, -0.25) is 4.90 Å². The van der Waals surface area contributed by atoms with E-state index in [1.165, 1.54) is 5.56 Å². The highest BCUT2D eigenvalue weighted by molar-refractivity contribution is 9.10. The van der Waals surface area contributed by atoms with Gasteiger partial charge in [0.25, 0.3) is 0 Å². The normalized spacial score (nSPS) is 13.9. The fraction of sp³-hybridized carbons (Fsp3) is 0.571. The van der Waals surface area contributed by atoms with Crippen LogP contribution in [0.3, 0.4) is 0 Å². The maximum absolute atomic E-state index is 9.97. The Morgan fingerprint density at radius 3 is 2.56 bits per heavy atom. The van der Waals surface area contributed by atoms with Crippen LogP contribution in [0, 0.1) is 0 Å². The van der Waals surface area contributed by atoms with Gasteiger partial charge in [-0.15, -0.1) is 0 Å². The van der Waals surface area contributed by atoms with Gasteiger partial charge in [0, 0.05) is 23.6 Å². The lowest BCUT2D eigenvalue weighted by molar-refractivity contribution is 0.0235. The summed E-state index contributed by atoms with van der Waals surface area (Å²) in [6.45, 7) is 7.75. The average Bonchev–Trinajstić information content (AvgIpc) is 2.27. The molecule has 0 aliphatic heterocycles. The Bertz CT molecular complexity index is 376. The van der Waals surface area contributed by atoms with Crippen molar-refractivity contribution in [3.8, 4) is 0 Å². The number of hydrogen-bond acceptors (Lipinski definition) is 3. The van der Waals surface area contributed by atoms with E-state index in [-0.39, 0.29) is 6.04 Å². The Morgan fingerprint density at radius 2 is 2.11 bits per heavy atom. The van der Waals surface area contributed by atoms with E-state index in [9.17, 15) is 5.11 Å². The first-order chi connectivity index (χ1) is 8.37. The molecule has 1 aromatic rings. The highest BCUT2D eigenvalue weighted by Crippen LogP contribution is 2.24. The van der Waals surface area contributed by atoms with Crippen molar-refractivity contribution in [3.63, 3.8) is 0 Å². The summed E-state index contributed by atoms with van der Waals surface area (Å²) in [5, 5.41) is 9.97. The minimum absolute atomic E-state index is 0.138. The molecule has 1 aromatic carbocycles. The molecule has 0 aliphatic rings. The fourth-order valence-electron chi connectivity index (χ4n) is 2.15. The van der Waals surface area contributed by atoms with Gasteiger partial charge in [0.1, 0.15) is 0 Å². The van der Waals surface area contributed by atoms with Crippen LogP contribution in [0.4, 0.5) is 0 Å². The van der Waals surface area contributed by atoms with Crippen LogP contribution in [0.15, 0.2) is 28.7 Å². The Balaban J connectivity index is 2.93. The second-order valence-electron chi connectivity index (χ2n) is 5.18. The van der Waals surface area contributed by atoms with Crippen molar-refractivity contribution >= 4 is 15.9 Å². The number of benzene rings is 1. The van der Waals surface area contributed by atoms with Gasteiger partial charge in [0.2, 0.25) is 0 Å². The number of aliphatic hydroxyl groups is 1. The summed E-state index contributed by atoms with van der Waals surface area (Å²) >= 11 is 3.48. The molecule has 3 nitrogen and oxygen atoms in total. The summed E-state index contributed by atoms with van der Waals surface area (Å²) < 4.78 is 1.05. The molecule has 0 bridgehead atoms. The van der Waals surface area contributed by atoms with Gasteiger partial charge in [-0.05, 0) is 38.1 Å². The largest absolute Gasteiger partial charge is 0.389 e. The zero-order valence-corrected chi connectivity index (χ0v) is 12.9. The van der Waals surface area contributed by atoms with E-state index in [4.69, 9.17) is 5.73 Å². The lowest BCUT2D eigenvalue weighted by Gasteiger charge is -2.34. The molecule has 3 N–H and O–H groups in total. The lowest BCUT2D eigenvalue weighted by atomic mass is 10.0. The van der Waals surface area contributed by atoms with Crippen LogP contribution in [0.25, 0.3) is 0 Å². The standard InChI is InChI=1S/C14H23BrN2O/c1-4-17(10-14(2,3)18)13(9-16)11-6-5-7-12(15)8-11/h5-8,13,18H,4,9-10,16H2,1-3H3. The van der Waals surface area contributed by atoms with Crippen molar-refractivity contribution < 1.29 is 5.11 Å². The maximum atomic E-state index is 9.97. The summed E-state index contributed by atoms with van der Waals surface area (Å²) in [5.74, 6) is 0. The molecule has 0 saturated heterocycles. The maximum Gasteiger partial charge on any atom is 0.0718 e. The molecule has 4 heteroatoms. The number of halogens is 1. The summed E-state index contributed by atoms with van der Waals surface area (Å²) in [7, 11) is 0. The molecule has 18 heavy (non-hydrogen) atoms. The third kappa shape index (κ3) is 4.69. The van der Waals surface area contributed by atoms with E-state index >= 15 is 0 Å². The summed E-state index contributed by atoms with van der Waals surface area (Å²) in [6, 6.07) is 8.32. The molecule has 0 fully saturated rings. The Kier molecular flexibility index (Phi) is 5.79. The van der Waals surface area contributed by atoms with Crippen LogP contribution < -0.4 is 5.73 Å². The second-order valence-corrected chi connectivity index (χ2v) is 6.10. The van der Waals surface area contributed by atoms with Crippen LogP contribution in [-0.4, -0.2) is 35.2 Å². The average molecular weight is 315 g/mol. The molecular weight excluding hydrogens is 292 g/mol. The smallest absolute Gasteiger partial charge is 0.0718 e. The minimum atomic E-state index is -0.713. The van der Waals surface area contributed by atoms with E-state index in [1.54, 1.807) is 0 Å². The van der Waals surface area contributed by atoms with E-state index < -0.39 is 5.60 Å². The van der Waals surface area contributed by atoms with E-state index in [0.717, 1.165) is 11.0 Å². The van der Waals surface area contributed by atoms with Crippen molar-refractivity contribution in [2.45, 2.75) is 32.4 Å². The second kappa shape index (κ2) is 6.66. The summed E-state index contributed by atoms with van der Waals surface area (Å²) in [6.07, 6.45) is 0. The van der Waals surface area contributed by atoms with Crippen LogP contribution in [0.5, 0.6) is 0 Å². The van der Waals surface area contributed by atoms with Crippen LogP contribution in [-0.2, 0) is 0 Å². The molecule has 1 unspecified atom stereocenters. The van der Waals surface area contributed by atoms with Gasteiger partial charge in [-0.1, -0.05) is 35.0 Å². The molecule has 0 amide bonds. The predicted molar refractivity (Wildman–Crippen MR) is 79.5 cm³/mol. The highest BCUT2D eigenvalue weighted by atomic mass is 79.9. The number of hydrogen-bond donors (Lipinski definition) is 2. The van der Waals surface area contributed by atoms with Gasteiger partial charge < -0.3 is 10.8 Å². The Hall–Kier alpha value is -0.420. The molecule has 0 spiro atoms. The topological polar surface area (TPSA) is 49.5 Å². The van der Waals surface area contributed by atoms with Crippen molar-refractivity contribution in [2.24, 2.45) is 5.73 Å². The fourth-order valence-corrected chi connectivity index (χ4v) is 2.57. The Labute approximate surface area is 118 Å².